The summed E-state index contributed by atoms with van der Waals surface area (Å²) in [6.07, 6.45) is 5.33. The van der Waals surface area contributed by atoms with Crippen molar-refractivity contribution in [2.75, 3.05) is 23.7 Å². The highest BCUT2D eigenvalue weighted by Gasteiger charge is 2.44. The second-order valence-electron chi connectivity index (χ2n) is 5.82. The first-order chi connectivity index (χ1) is 8.60. The maximum atomic E-state index is 11.7. The van der Waals surface area contributed by atoms with Crippen LogP contribution in [0, 0.1) is 5.41 Å². The maximum Gasteiger partial charge on any atom is 0.161 e. The van der Waals surface area contributed by atoms with Gasteiger partial charge in [-0.3, -0.25) is 4.79 Å². The molecule has 2 fully saturated rings. The smallest absolute Gasteiger partial charge is 0.161 e. The first-order valence-electron chi connectivity index (χ1n) is 6.75. The summed E-state index contributed by atoms with van der Waals surface area (Å²) < 4.78 is 0. The molecule has 0 amide bonds. The van der Waals surface area contributed by atoms with Crippen molar-refractivity contribution >= 4 is 17.2 Å². The summed E-state index contributed by atoms with van der Waals surface area (Å²) in [5, 5.41) is 0. The van der Waals surface area contributed by atoms with Gasteiger partial charge < -0.3 is 10.6 Å². The fraction of sp³-hybridized carbons (Fsp3) is 0.533. The molecule has 0 aromatic heterocycles. The van der Waals surface area contributed by atoms with E-state index < -0.39 is 0 Å². The minimum atomic E-state index is 0.122. The molecule has 1 saturated heterocycles. The predicted molar refractivity (Wildman–Crippen MR) is 74.0 cm³/mol. The standard InChI is InChI=1S/C15H20N2O/c1-11(18)13-3-2-12(16)10-14(13)17-8-6-15(4-5-15)7-9-17/h2-3,10H,4-9,16H2,1H3. The van der Waals surface area contributed by atoms with Crippen LogP contribution in [0.4, 0.5) is 11.4 Å². The Hall–Kier alpha value is -1.51. The van der Waals surface area contributed by atoms with Gasteiger partial charge in [0.05, 0.1) is 0 Å². The van der Waals surface area contributed by atoms with Gasteiger partial charge in [0.15, 0.2) is 5.78 Å². The Morgan fingerprint density at radius 2 is 1.89 bits per heavy atom. The van der Waals surface area contributed by atoms with E-state index in [1.807, 2.05) is 18.2 Å². The third kappa shape index (κ3) is 1.98. The zero-order valence-electron chi connectivity index (χ0n) is 10.9. The number of anilines is 2. The van der Waals surface area contributed by atoms with Gasteiger partial charge in [-0.2, -0.15) is 0 Å². The van der Waals surface area contributed by atoms with Gasteiger partial charge >= 0.3 is 0 Å². The molecule has 0 radical (unpaired) electrons. The highest BCUT2D eigenvalue weighted by atomic mass is 16.1. The van der Waals surface area contributed by atoms with Gasteiger partial charge in [-0.05, 0) is 56.2 Å². The SMILES string of the molecule is CC(=O)c1ccc(N)cc1N1CCC2(CC1)CC2. The molecule has 0 bridgehead atoms. The van der Waals surface area contributed by atoms with Crippen LogP contribution >= 0.6 is 0 Å². The lowest BCUT2D eigenvalue weighted by atomic mass is 9.92. The van der Waals surface area contributed by atoms with Crippen molar-refractivity contribution in [1.29, 1.82) is 0 Å². The fourth-order valence-electron chi connectivity index (χ4n) is 3.01. The Balaban J connectivity index is 1.86. The molecular weight excluding hydrogens is 224 g/mol. The van der Waals surface area contributed by atoms with E-state index in [1.54, 1.807) is 6.92 Å². The molecule has 0 atom stereocenters. The summed E-state index contributed by atoms with van der Waals surface area (Å²) >= 11 is 0. The molecule has 2 N–H and O–H groups in total. The van der Waals surface area contributed by atoms with Gasteiger partial charge in [-0.15, -0.1) is 0 Å². The highest BCUT2D eigenvalue weighted by Crippen LogP contribution is 2.54. The highest BCUT2D eigenvalue weighted by molar-refractivity contribution is 6.00. The van der Waals surface area contributed by atoms with Crippen LogP contribution in [0.25, 0.3) is 0 Å². The van der Waals surface area contributed by atoms with Gasteiger partial charge in [0.1, 0.15) is 0 Å². The molecule has 2 aliphatic rings. The van der Waals surface area contributed by atoms with Crippen LogP contribution < -0.4 is 10.6 Å². The average Bonchev–Trinajstić information content (AvgIpc) is 3.09. The molecule has 1 saturated carbocycles. The molecule has 3 heteroatoms. The zero-order valence-corrected chi connectivity index (χ0v) is 10.9. The number of ketones is 1. The molecule has 1 aromatic carbocycles. The Labute approximate surface area is 108 Å². The topological polar surface area (TPSA) is 46.3 Å². The number of nitrogens with two attached hydrogens (primary N) is 1. The van der Waals surface area contributed by atoms with Crippen molar-refractivity contribution in [3.8, 4) is 0 Å². The molecule has 0 unspecified atom stereocenters. The molecule has 18 heavy (non-hydrogen) atoms. The van der Waals surface area contributed by atoms with Crippen molar-refractivity contribution in [1.82, 2.24) is 0 Å². The van der Waals surface area contributed by atoms with E-state index in [-0.39, 0.29) is 5.78 Å². The number of piperidine rings is 1. The minimum absolute atomic E-state index is 0.122. The van der Waals surface area contributed by atoms with Crippen molar-refractivity contribution < 1.29 is 4.79 Å². The quantitative estimate of drug-likeness (QED) is 0.642. The number of carbonyl (C=O) groups is 1. The molecule has 3 nitrogen and oxygen atoms in total. The van der Waals surface area contributed by atoms with Crippen LogP contribution in [0.3, 0.4) is 0 Å². The van der Waals surface area contributed by atoms with Crippen LogP contribution in [0.2, 0.25) is 0 Å². The number of nitrogens with zero attached hydrogens (tertiary/aromatic N) is 1. The normalized spacial score (nSPS) is 21.1. The van der Waals surface area contributed by atoms with E-state index in [9.17, 15) is 4.79 Å². The number of Topliss-reactive ketones (excluding diaryl/α,β-unsaturated/α-hetero) is 1. The Kier molecular flexibility index (Phi) is 2.58. The number of nitrogen functional groups attached to an aromatic ring is 1. The van der Waals surface area contributed by atoms with E-state index in [1.165, 1.54) is 25.7 Å². The second kappa shape index (κ2) is 4.01. The number of hydrogen-bond acceptors (Lipinski definition) is 3. The number of carbonyl (C=O) groups excluding carboxylic acids is 1. The van der Waals surface area contributed by atoms with Crippen molar-refractivity contribution in [3.05, 3.63) is 23.8 Å². The summed E-state index contributed by atoms with van der Waals surface area (Å²) in [7, 11) is 0. The lowest BCUT2D eigenvalue weighted by molar-refractivity contribution is 0.101. The van der Waals surface area contributed by atoms with Crippen molar-refractivity contribution in [2.45, 2.75) is 32.6 Å². The maximum absolute atomic E-state index is 11.7. The Bertz CT molecular complexity index is 481. The lowest BCUT2D eigenvalue weighted by Gasteiger charge is -2.34. The molecule has 1 aliphatic carbocycles. The number of benzene rings is 1. The van der Waals surface area contributed by atoms with Gasteiger partial charge in [0, 0.05) is 30.0 Å². The summed E-state index contributed by atoms with van der Waals surface area (Å²) in [6.45, 7) is 3.74. The fourth-order valence-corrected chi connectivity index (χ4v) is 3.01. The summed E-state index contributed by atoms with van der Waals surface area (Å²) in [5.74, 6) is 0.122. The van der Waals surface area contributed by atoms with E-state index in [4.69, 9.17) is 5.73 Å². The molecule has 96 valence electrons. The average molecular weight is 244 g/mol. The Morgan fingerprint density at radius 3 is 2.44 bits per heavy atom. The molecule has 1 aliphatic heterocycles. The number of rotatable bonds is 2. The van der Waals surface area contributed by atoms with E-state index in [0.717, 1.165) is 30.0 Å². The third-order valence-corrected chi connectivity index (χ3v) is 4.52. The van der Waals surface area contributed by atoms with Crippen LogP contribution in [-0.4, -0.2) is 18.9 Å². The van der Waals surface area contributed by atoms with Crippen molar-refractivity contribution in [3.63, 3.8) is 0 Å². The molecule has 1 spiro atoms. The Morgan fingerprint density at radius 1 is 1.22 bits per heavy atom. The van der Waals surface area contributed by atoms with Gasteiger partial charge in [0.2, 0.25) is 0 Å². The molecule has 1 heterocycles. The van der Waals surface area contributed by atoms with Gasteiger partial charge in [-0.1, -0.05) is 0 Å². The van der Waals surface area contributed by atoms with Crippen LogP contribution in [0.5, 0.6) is 0 Å². The first kappa shape index (κ1) is 11.6. The van der Waals surface area contributed by atoms with Crippen LogP contribution in [0.1, 0.15) is 43.0 Å². The van der Waals surface area contributed by atoms with Crippen LogP contribution in [0.15, 0.2) is 18.2 Å². The summed E-state index contributed by atoms with van der Waals surface area (Å²) in [4.78, 5) is 14.0. The van der Waals surface area contributed by atoms with Gasteiger partial charge in [0.25, 0.3) is 0 Å². The largest absolute Gasteiger partial charge is 0.399 e. The van der Waals surface area contributed by atoms with Gasteiger partial charge in [-0.25, -0.2) is 0 Å². The van der Waals surface area contributed by atoms with Crippen LogP contribution in [-0.2, 0) is 0 Å². The number of hydrogen-bond donors (Lipinski definition) is 1. The second-order valence-corrected chi connectivity index (χ2v) is 5.82. The molecular formula is C15H20N2O. The molecule has 1 aromatic rings. The third-order valence-electron chi connectivity index (χ3n) is 4.52. The zero-order chi connectivity index (χ0) is 12.8. The monoisotopic (exact) mass is 244 g/mol. The lowest BCUT2D eigenvalue weighted by Crippen LogP contribution is -2.35. The van der Waals surface area contributed by atoms with E-state index >= 15 is 0 Å². The van der Waals surface area contributed by atoms with E-state index in [2.05, 4.69) is 4.90 Å². The minimum Gasteiger partial charge on any atom is -0.399 e. The van der Waals surface area contributed by atoms with E-state index in [0.29, 0.717) is 5.41 Å². The summed E-state index contributed by atoms with van der Waals surface area (Å²) in [6, 6.07) is 5.61. The van der Waals surface area contributed by atoms with Crippen molar-refractivity contribution in [2.24, 2.45) is 5.41 Å². The predicted octanol–water partition coefficient (Wildman–Crippen LogP) is 2.85. The molecule has 3 rings (SSSR count). The summed E-state index contributed by atoms with van der Waals surface area (Å²) in [5.41, 5.74) is 9.09. The first-order valence-corrected chi connectivity index (χ1v) is 6.75.